The van der Waals surface area contributed by atoms with Gasteiger partial charge < -0.3 is 10.4 Å². The molecule has 7 heteroatoms. The van der Waals surface area contributed by atoms with Crippen LogP contribution in [0.3, 0.4) is 0 Å². The van der Waals surface area contributed by atoms with E-state index in [1.165, 1.54) is 24.4 Å². The van der Waals surface area contributed by atoms with E-state index in [0.29, 0.717) is 5.69 Å². The fourth-order valence-electron chi connectivity index (χ4n) is 2.24. The van der Waals surface area contributed by atoms with Gasteiger partial charge in [0, 0.05) is 30.7 Å². The predicted molar refractivity (Wildman–Crippen MR) is 85.1 cm³/mol. The van der Waals surface area contributed by atoms with Gasteiger partial charge in [0.25, 0.3) is 5.91 Å². The largest absolute Gasteiger partial charge is 0.386 e. The van der Waals surface area contributed by atoms with Crippen LogP contribution in [0.15, 0.2) is 61.1 Å². The third-order valence-corrected chi connectivity index (χ3v) is 3.47. The molecule has 1 amide bonds. The quantitative estimate of drug-likeness (QED) is 0.750. The van der Waals surface area contributed by atoms with Crippen molar-refractivity contribution in [1.82, 2.24) is 20.1 Å². The lowest BCUT2D eigenvalue weighted by molar-refractivity contribution is 0.0909. The van der Waals surface area contributed by atoms with Gasteiger partial charge in [-0.15, -0.1) is 0 Å². The van der Waals surface area contributed by atoms with Crippen LogP contribution in [0, 0.1) is 5.82 Å². The van der Waals surface area contributed by atoms with Crippen molar-refractivity contribution in [3.05, 3.63) is 78.1 Å². The fraction of sp³-hybridized carbons (Fsp3) is 0.118. The van der Waals surface area contributed by atoms with E-state index in [1.807, 2.05) is 0 Å². The van der Waals surface area contributed by atoms with Crippen molar-refractivity contribution in [2.45, 2.75) is 6.10 Å². The summed E-state index contributed by atoms with van der Waals surface area (Å²) in [6.45, 7) is -0.118. The van der Waals surface area contributed by atoms with E-state index in [2.05, 4.69) is 15.4 Å². The number of nitrogens with zero attached hydrogens (tertiary/aromatic N) is 3. The third-order valence-electron chi connectivity index (χ3n) is 3.47. The Labute approximate surface area is 137 Å². The number of hydrogen-bond donors (Lipinski definition) is 2. The molecule has 2 N–H and O–H groups in total. The highest BCUT2D eigenvalue weighted by Gasteiger charge is 2.15. The van der Waals surface area contributed by atoms with Gasteiger partial charge in [0.05, 0.1) is 11.8 Å². The Morgan fingerprint density at radius 2 is 2.08 bits per heavy atom. The SMILES string of the molecule is O=C(NCC(O)c1ccccc1F)c1cc(-n2cccn2)ccn1. The maximum Gasteiger partial charge on any atom is 0.270 e. The second-order valence-electron chi connectivity index (χ2n) is 5.10. The molecule has 3 rings (SSSR count). The highest BCUT2D eigenvalue weighted by Crippen LogP contribution is 2.15. The van der Waals surface area contributed by atoms with Gasteiger partial charge in [-0.05, 0) is 24.3 Å². The lowest BCUT2D eigenvalue weighted by Crippen LogP contribution is -2.29. The molecule has 0 aliphatic heterocycles. The van der Waals surface area contributed by atoms with Gasteiger partial charge in [-0.25, -0.2) is 9.07 Å². The Balaban J connectivity index is 1.67. The van der Waals surface area contributed by atoms with E-state index in [0.717, 1.165) is 0 Å². The molecule has 0 saturated carbocycles. The zero-order valence-corrected chi connectivity index (χ0v) is 12.6. The van der Waals surface area contributed by atoms with E-state index in [1.54, 1.807) is 41.3 Å². The van der Waals surface area contributed by atoms with Crippen LogP contribution in [-0.2, 0) is 0 Å². The Hall–Kier alpha value is -3.06. The van der Waals surface area contributed by atoms with Crippen LogP contribution in [0.2, 0.25) is 0 Å². The van der Waals surface area contributed by atoms with Gasteiger partial charge in [-0.2, -0.15) is 5.10 Å². The molecular weight excluding hydrogens is 311 g/mol. The summed E-state index contributed by atoms with van der Waals surface area (Å²) in [6.07, 6.45) is 3.74. The van der Waals surface area contributed by atoms with Gasteiger partial charge in [0.1, 0.15) is 11.5 Å². The summed E-state index contributed by atoms with van der Waals surface area (Å²) in [5, 5.41) is 16.6. The molecule has 1 atom stereocenters. The number of carbonyl (C=O) groups excluding carboxylic acids is 1. The molecular formula is C17H15FN4O2. The molecule has 2 heterocycles. The van der Waals surface area contributed by atoms with E-state index in [-0.39, 0.29) is 17.8 Å². The number of amides is 1. The molecule has 0 radical (unpaired) electrons. The van der Waals surface area contributed by atoms with Gasteiger partial charge in [-0.1, -0.05) is 18.2 Å². The summed E-state index contributed by atoms with van der Waals surface area (Å²) in [7, 11) is 0. The summed E-state index contributed by atoms with van der Waals surface area (Å²) in [5.41, 5.74) is 1.01. The summed E-state index contributed by atoms with van der Waals surface area (Å²) in [5.74, 6) is -0.975. The molecule has 0 saturated heterocycles. The maximum absolute atomic E-state index is 13.6. The van der Waals surface area contributed by atoms with Gasteiger partial charge in [-0.3, -0.25) is 9.78 Å². The molecule has 0 aliphatic rings. The highest BCUT2D eigenvalue weighted by atomic mass is 19.1. The molecule has 2 aromatic heterocycles. The Kier molecular flexibility index (Phi) is 4.62. The van der Waals surface area contributed by atoms with Crippen LogP contribution in [0.25, 0.3) is 5.69 Å². The third kappa shape index (κ3) is 3.47. The Bertz CT molecular complexity index is 836. The zero-order chi connectivity index (χ0) is 16.9. The number of pyridine rings is 1. The Morgan fingerprint density at radius 3 is 2.83 bits per heavy atom. The number of carbonyl (C=O) groups is 1. The summed E-state index contributed by atoms with van der Waals surface area (Å²) in [6, 6.07) is 11.0. The first-order chi connectivity index (χ1) is 11.6. The minimum absolute atomic E-state index is 0.118. The number of benzene rings is 1. The second-order valence-corrected chi connectivity index (χ2v) is 5.10. The smallest absolute Gasteiger partial charge is 0.270 e. The number of aliphatic hydroxyl groups is 1. The molecule has 0 fully saturated rings. The van der Waals surface area contributed by atoms with E-state index in [9.17, 15) is 14.3 Å². The van der Waals surface area contributed by atoms with Crippen molar-refractivity contribution in [2.24, 2.45) is 0 Å². The first kappa shape index (κ1) is 15.8. The van der Waals surface area contributed by atoms with Crippen LogP contribution in [0.4, 0.5) is 4.39 Å². The number of nitrogens with one attached hydrogen (secondary N) is 1. The van der Waals surface area contributed by atoms with Crippen LogP contribution in [-0.4, -0.2) is 32.3 Å². The fourth-order valence-corrected chi connectivity index (χ4v) is 2.24. The number of hydrogen-bond acceptors (Lipinski definition) is 4. The number of rotatable bonds is 5. The minimum atomic E-state index is -1.13. The number of aromatic nitrogens is 3. The van der Waals surface area contributed by atoms with E-state index >= 15 is 0 Å². The van der Waals surface area contributed by atoms with E-state index < -0.39 is 17.8 Å². The van der Waals surface area contributed by atoms with Gasteiger partial charge >= 0.3 is 0 Å². The van der Waals surface area contributed by atoms with Crippen molar-refractivity contribution in [1.29, 1.82) is 0 Å². The molecule has 24 heavy (non-hydrogen) atoms. The standard InChI is InChI=1S/C17H15FN4O2/c18-14-5-2-1-4-13(14)16(23)11-20-17(24)15-10-12(6-8-19-15)22-9-3-7-21-22/h1-10,16,23H,11H2,(H,20,24). The van der Waals surface area contributed by atoms with Crippen LogP contribution in [0.1, 0.15) is 22.2 Å². The van der Waals surface area contributed by atoms with Gasteiger partial charge in [0.15, 0.2) is 0 Å². The molecule has 0 spiro atoms. The van der Waals surface area contributed by atoms with E-state index in [4.69, 9.17) is 0 Å². The highest BCUT2D eigenvalue weighted by molar-refractivity contribution is 5.92. The minimum Gasteiger partial charge on any atom is -0.386 e. The van der Waals surface area contributed by atoms with Crippen molar-refractivity contribution in [3.63, 3.8) is 0 Å². The topological polar surface area (TPSA) is 80.0 Å². The van der Waals surface area contributed by atoms with Crippen LogP contribution >= 0.6 is 0 Å². The van der Waals surface area contributed by atoms with Crippen molar-refractivity contribution in [2.75, 3.05) is 6.54 Å². The molecule has 6 nitrogen and oxygen atoms in total. The molecule has 122 valence electrons. The van der Waals surface area contributed by atoms with Crippen molar-refractivity contribution < 1.29 is 14.3 Å². The van der Waals surface area contributed by atoms with Crippen LogP contribution in [0.5, 0.6) is 0 Å². The number of halogens is 1. The average Bonchev–Trinajstić information content (AvgIpc) is 3.14. The zero-order valence-electron chi connectivity index (χ0n) is 12.6. The maximum atomic E-state index is 13.6. The Morgan fingerprint density at radius 1 is 1.25 bits per heavy atom. The normalized spacial score (nSPS) is 11.9. The summed E-state index contributed by atoms with van der Waals surface area (Å²) >= 11 is 0. The molecule has 0 bridgehead atoms. The lowest BCUT2D eigenvalue weighted by Gasteiger charge is -2.13. The summed E-state index contributed by atoms with van der Waals surface area (Å²) in [4.78, 5) is 16.2. The molecule has 0 aliphatic carbocycles. The number of aliphatic hydroxyl groups excluding tert-OH is 1. The van der Waals surface area contributed by atoms with Gasteiger partial charge in [0.2, 0.25) is 0 Å². The molecule has 3 aromatic rings. The van der Waals surface area contributed by atoms with Crippen molar-refractivity contribution >= 4 is 5.91 Å². The molecule has 1 aromatic carbocycles. The summed E-state index contributed by atoms with van der Waals surface area (Å²) < 4.78 is 15.2. The monoisotopic (exact) mass is 326 g/mol. The molecule has 1 unspecified atom stereocenters. The van der Waals surface area contributed by atoms with Crippen molar-refractivity contribution in [3.8, 4) is 5.69 Å². The predicted octanol–water partition coefficient (Wildman–Crippen LogP) is 1.87. The second kappa shape index (κ2) is 7.01. The lowest BCUT2D eigenvalue weighted by atomic mass is 10.1. The first-order valence-electron chi connectivity index (χ1n) is 7.32. The average molecular weight is 326 g/mol. The van der Waals surface area contributed by atoms with Crippen LogP contribution < -0.4 is 5.32 Å². The first-order valence-corrected chi connectivity index (χ1v) is 7.32.